The number of hydrogen-bond donors (Lipinski definition) is 2. The molecular formula is C24H23N5O4. The normalized spacial score (nSPS) is 12.4. The van der Waals surface area contributed by atoms with E-state index in [1.807, 2.05) is 25.1 Å². The quantitative estimate of drug-likeness (QED) is 0.350. The van der Waals surface area contributed by atoms with Gasteiger partial charge in [0, 0.05) is 12.7 Å². The first-order chi connectivity index (χ1) is 16.1. The number of amides is 1. The lowest BCUT2D eigenvalue weighted by molar-refractivity contribution is 0.0950. The molecule has 5 rings (SSSR count). The number of aromatic nitrogens is 3. The summed E-state index contributed by atoms with van der Waals surface area (Å²) in [7, 11) is 0. The molecule has 3 aromatic heterocycles. The van der Waals surface area contributed by atoms with Gasteiger partial charge in [-0.3, -0.25) is 19.4 Å². The molecule has 1 aliphatic rings. The van der Waals surface area contributed by atoms with Crippen molar-refractivity contribution in [1.82, 2.24) is 19.3 Å². The Hall–Kier alpha value is -4.14. The van der Waals surface area contributed by atoms with E-state index in [-0.39, 0.29) is 41.2 Å². The fourth-order valence-corrected chi connectivity index (χ4v) is 3.91. The maximum atomic E-state index is 13.3. The summed E-state index contributed by atoms with van der Waals surface area (Å²) in [5, 5.41) is 11.9. The van der Waals surface area contributed by atoms with Crippen LogP contribution in [0.15, 0.2) is 53.5 Å². The molecule has 0 radical (unpaired) electrons. The van der Waals surface area contributed by atoms with Gasteiger partial charge in [-0.05, 0) is 42.3 Å². The third-order valence-electron chi connectivity index (χ3n) is 5.66. The van der Waals surface area contributed by atoms with Crippen LogP contribution in [-0.4, -0.2) is 33.2 Å². The molecule has 1 amide bonds. The van der Waals surface area contributed by atoms with Gasteiger partial charge in [0.05, 0.1) is 17.5 Å². The largest absolute Gasteiger partial charge is 0.454 e. The first-order valence-electron chi connectivity index (χ1n) is 10.8. The Labute approximate surface area is 188 Å². The van der Waals surface area contributed by atoms with Gasteiger partial charge in [-0.25, -0.2) is 4.98 Å². The summed E-state index contributed by atoms with van der Waals surface area (Å²) >= 11 is 0. The lowest BCUT2D eigenvalue weighted by Crippen LogP contribution is -2.35. The predicted octanol–water partition coefficient (Wildman–Crippen LogP) is 2.44. The van der Waals surface area contributed by atoms with Crippen molar-refractivity contribution in [2.24, 2.45) is 0 Å². The third-order valence-corrected chi connectivity index (χ3v) is 5.66. The smallest absolute Gasteiger partial charge is 0.267 e. The van der Waals surface area contributed by atoms with E-state index in [0.29, 0.717) is 29.3 Å². The van der Waals surface area contributed by atoms with E-state index in [4.69, 9.17) is 14.9 Å². The molecule has 4 aromatic rings. The Morgan fingerprint density at radius 2 is 2.03 bits per heavy atom. The Morgan fingerprint density at radius 3 is 2.88 bits per heavy atom. The third kappa shape index (κ3) is 3.71. The van der Waals surface area contributed by atoms with Gasteiger partial charge in [0.1, 0.15) is 16.8 Å². The summed E-state index contributed by atoms with van der Waals surface area (Å²) in [5.74, 6) is 0.898. The van der Waals surface area contributed by atoms with Gasteiger partial charge >= 0.3 is 0 Å². The van der Waals surface area contributed by atoms with E-state index in [1.54, 1.807) is 29.0 Å². The van der Waals surface area contributed by atoms with E-state index in [0.717, 1.165) is 18.4 Å². The van der Waals surface area contributed by atoms with Crippen molar-refractivity contribution in [2.75, 3.05) is 13.3 Å². The first-order valence-corrected chi connectivity index (χ1v) is 10.8. The molecule has 9 nitrogen and oxygen atoms in total. The topological polar surface area (TPSA) is 111 Å². The standard InChI is InChI=1S/C24H23N5O4/c1-2-3-9-26-23(30)16-12-17-22(27-20-6-4-5-10-28(20)24(17)31)29(21(16)25)13-15-7-8-18-19(11-15)33-14-32-18/h4-8,10-12,25H,2-3,9,13-14H2,1H3,(H,26,30). The minimum Gasteiger partial charge on any atom is -0.454 e. The predicted molar refractivity (Wildman–Crippen MR) is 122 cm³/mol. The van der Waals surface area contributed by atoms with Crippen LogP contribution < -0.4 is 25.8 Å². The highest BCUT2D eigenvalue weighted by Gasteiger charge is 2.19. The summed E-state index contributed by atoms with van der Waals surface area (Å²) in [6, 6.07) is 12.3. The van der Waals surface area contributed by atoms with Gasteiger partial charge in [-0.15, -0.1) is 0 Å². The van der Waals surface area contributed by atoms with Crippen LogP contribution in [0.2, 0.25) is 0 Å². The summed E-state index contributed by atoms with van der Waals surface area (Å²) in [5.41, 5.74) is 1.47. The molecule has 0 atom stereocenters. The molecule has 0 spiro atoms. The molecule has 0 saturated carbocycles. The van der Waals surface area contributed by atoms with Crippen LogP contribution in [-0.2, 0) is 6.54 Å². The van der Waals surface area contributed by atoms with E-state index in [2.05, 4.69) is 10.3 Å². The SMILES string of the molecule is CCCCNC(=O)c1cc2c(=O)n3ccccc3nc2n(Cc2ccc3c(c2)OCO3)c1=N. The molecule has 0 aliphatic carbocycles. The Bertz CT molecular complexity index is 1510. The van der Waals surface area contributed by atoms with Crippen molar-refractivity contribution in [3.8, 4) is 11.5 Å². The monoisotopic (exact) mass is 445 g/mol. The summed E-state index contributed by atoms with van der Waals surface area (Å²) < 4.78 is 13.9. The molecule has 0 saturated heterocycles. The Kier molecular flexibility index (Phi) is 5.29. The van der Waals surface area contributed by atoms with E-state index >= 15 is 0 Å². The fraction of sp³-hybridized carbons (Fsp3) is 0.250. The molecule has 2 N–H and O–H groups in total. The number of unbranched alkanes of at least 4 members (excludes halogenated alkanes) is 1. The summed E-state index contributed by atoms with van der Waals surface area (Å²) in [6.07, 6.45) is 3.41. The van der Waals surface area contributed by atoms with Gasteiger partial charge in [0.25, 0.3) is 11.5 Å². The number of rotatable bonds is 6. The van der Waals surface area contributed by atoms with Crippen LogP contribution >= 0.6 is 0 Å². The zero-order chi connectivity index (χ0) is 22.9. The number of carbonyl (C=O) groups is 1. The van der Waals surface area contributed by atoms with E-state index in [9.17, 15) is 9.59 Å². The molecule has 0 bridgehead atoms. The number of fused-ring (bicyclic) bond motifs is 3. The van der Waals surface area contributed by atoms with Crippen LogP contribution in [0.25, 0.3) is 16.7 Å². The lowest BCUT2D eigenvalue weighted by atomic mass is 10.1. The van der Waals surface area contributed by atoms with Gasteiger partial charge < -0.3 is 19.4 Å². The van der Waals surface area contributed by atoms with Crippen molar-refractivity contribution in [3.63, 3.8) is 0 Å². The molecule has 0 unspecified atom stereocenters. The fourth-order valence-electron chi connectivity index (χ4n) is 3.91. The second-order valence-electron chi connectivity index (χ2n) is 7.87. The molecule has 4 heterocycles. The zero-order valence-electron chi connectivity index (χ0n) is 18.1. The molecule has 168 valence electrons. The van der Waals surface area contributed by atoms with Gasteiger partial charge in [-0.1, -0.05) is 25.5 Å². The Morgan fingerprint density at radius 1 is 1.18 bits per heavy atom. The van der Waals surface area contributed by atoms with Gasteiger partial charge in [-0.2, -0.15) is 0 Å². The molecule has 1 aliphatic heterocycles. The first kappa shape index (κ1) is 20.7. The van der Waals surface area contributed by atoms with Crippen LogP contribution in [0.5, 0.6) is 11.5 Å². The van der Waals surface area contributed by atoms with E-state index < -0.39 is 0 Å². The van der Waals surface area contributed by atoms with Crippen LogP contribution in [0.4, 0.5) is 0 Å². The molecule has 33 heavy (non-hydrogen) atoms. The molecule has 0 fully saturated rings. The second-order valence-corrected chi connectivity index (χ2v) is 7.87. The number of hydrogen-bond acceptors (Lipinski definition) is 6. The van der Waals surface area contributed by atoms with Gasteiger partial charge in [0.15, 0.2) is 11.5 Å². The van der Waals surface area contributed by atoms with Crippen LogP contribution in [0.1, 0.15) is 35.7 Å². The van der Waals surface area contributed by atoms with Crippen molar-refractivity contribution in [1.29, 1.82) is 5.41 Å². The second kappa shape index (κ2) is 8.42. The number of ether oxygens (including phenoxy) is 2. The van der Waals surface area contributed by atoms with Crippen LogP contribution in [0.3, 0.4) is 0 Å². The van der Waals surface area contributed by atoms with Crippen LogP contribution in [0, 0.1) is 5.41 Å². The number of pyridine rings is 2. The highest BCUT2D eigenvalue weighted by atomic mass is 16.7. The zero-order valence-corrected chi connectivity index (χ0v) is 18.1. The average Bonchev–Trinajstić information content (AvgIpc) is 3.29. The van der Waals surface area contributed by atoms with Crippen molar-refractivity contribution in [2.45, 2.75) is 26.3 Å². The maximum Gasteiger partial charge on any atom is 0.267 e. The highest BCUT2D eigenvalue weighted by Crippen LogP contribution is 2.32. The summed E-state index contributed by atoms with van der Waals surface area (Å²) in [6.45, 7) is 2.94. The molecule has 1 aromatic carbocycles. The van der Waals surface area contributed by atoms with Crippen molar-refractivity contribution < 1.29 is 14.3 Å². The average molecular weight is 445 g/mol. The molecule has 9 heteroatoms. The molecular weight excluding hydrogens is 422 g/mol. The minimum atomic E-state index is -0.382. The number of benzene rings is 1. The summed E-state index contributed by atoms with van der Waals surface area (Å²) in [4.78, 5) is 30.8. The highest BCUT2D eigenvalue weighted by molar-refractivity contribution is 5.96. The Balaban J connectivity index is 1.70. The minimum absolute atomic E-state index is 0.0126. The number of carbonyl (C=O) groups excluding carboxylic acids is 1. The lowest BCUT2D eigenvalue weighted by Gasteiger charge is -2.15. The van der Waals surface area contributed by atoms with Crippen molar-refractivity contribution >= 4 is 22.6 Å². The van der Waals surface area contributed by atoms with E-state index in [1.165, 1.54) is 10.5 Å². The number of nitrogens with one attached hydrogen (secondary N) is 2. The van der Waals surface area contributed by atoms with Crippen molar-refractivity contribution in [3.05, 3.63) is 75.6 Å². The maximum absolute atomic E-state index is 13.3. The number of nitrogens with zero attached hydrogens (tertiary/aromatic N) is 3. The van der Waals surface area contributed by atoms with Gasteiger partial charge in [0.2, 0.25) is 6.79 Å².